The lowest BCUT2D eigenvalue weighted by molar-refractivity contribution is -0.113. The smallest absolute Gasteiger partial charge is 0.234 e. The van der Waals surface area contributed by atoms with Gasteiger partial charge in [0.2, 0.25) is 5.91 Å². The fourth-order valence-electron chi connectivity index (χ4n) is 2.07. The van der Waals surface area contributed by atoms with Crippen molar-refractivity contribution < 1.29 is 13.6 Å². The van der Waals surface area contributed by atoms with Crippen molar-refractivity contribution in [3.05, 3.63) is 53.6 Å². The molecule has 7 heteroatoms. The average molecular weight is 333 g/mol. The second-order valence-electron chi connectivity index (χ2n) is 5.03. The minimum absolute atomic E-state index is 0.109. The summed E-state index contributed by atoms with van der Waals surface area (Å²) >= 11 is 1.24. The molecule has 0 unspecified atom stereocenters. The van der Waals surface area contributed by atoms with E-state index in [1.165, 1.54) is 17.8 Å². The number of imidazole rings is 1. The van der Waals surface area contributed by atoms with Crippen LogP contribution in [0.1, 0.15) is 5.56 Å². The third-order valence-corrected chi connectivity index (χ3v) is 4.03. The Morgan fingerprint density at radius 3 is 2.83 bits per heavy atom. The van der Waals surface area contributed by atoms with E-state index in [9.17, 15) is 13.6 Å². The van der Waals surface area contributed by atoms with Crippen LogP contribution in [-0.4, -0.2) is 21.6 Å². The zero-order valence-electron chi connectivity index (χ0n) is 12.2. The number of nitrogens with one attached hydrogen (secondary N) is 2. The zero-order chi connectivity index (χ0) is 16.4. The minimum Gasteiger partial charge on any atom is -0.333 e. The van der Waals surface area contributed by atoms with Crippen molar-refractivity contribution in [1.82, 2.24) is 9.97 Å². The number of nitrogens with zero attached hydrogens (tertiary/aromatic N) is 1. The second kappa shape index (κ2) is 6.37. The molecule has 4 nitrogen and oxygen atoms in total. The average Bonchev–Trinajstić information content (AvgIpc) is 2.91. The quantitative estimate of drug-likeness (QED) is 0.712. The van der Waals surface area contributed by atoms with Gasteiger partial charge in [-0.1, -0.05) is 17.8 Å². The van der Waals surface area contributed by atoms with Crippen LogP contribution in [0.5, 0.6) is 0 Å². The van der Waals surface area contributed by atoms with Crippen molar-refractivity contribution >= 4 is 34.4 Å². The number of hydrogen-bond donors (Lipinski definition) is 2. The Bertz CT molecular complexity index is 879. The molecule has 1 aromatic heterocycles. The van der Waals surface area contributed by atoms with E-state index in [1.54, 1.807) is 0 Å². The summed E-state index contributed by atoms with van der Waals surface area (Å²) < 4.78 is 25.9. The molecule has 2 N–H and O–H groups in total. The minimum atomic E-state index is -0.997. The highest BCUT2D eigenvalue weighted by atomic mass is 32.2. The van der Waals surface area contributed by atoms with Crippen LogP contribution in [0.25, 0.3) is 11.0 Å². The second-order valence-corrected chi connectivity index (χ2v) is 5.99. The lowest BCUT2D eigenvalue weighted by Crippen LogP contribution is -2.14. The summed E-state index contributed by atoms with van der Waals surface area (Å²) in [6, 6.07) is 9.08. The van der Waals surface area contributed by atoms with Crippen molar-refractivity contribution in [3.8, 4) is 0 Å². The molecular formula is C16H13F2N3OS. The molecule has 0 saturated carbocycles. The van der Waals surface area contributed by atoms with Crippen LogP contribution in [0.15, 0.2) is 41.6 Å². The van der Waals surface area contributed by atoms with Crippen LogP contribution in [0.2, 0.25) is 0 Å². The maximum absolute atomic E-state index is 13.1. The number of hydrogen-bond acceptors (Lipinski definition) is 3. The summed E-state index contributed by atoms with van der Waals surface area (Å²) in [6.45, 7) is 1.99. The van der Waals surface area contributed by atoms with Crippen molar-refractivity contribution in [2.45, 2.75) is 12.1 Å². The third-order valence-electron chi connectivity index (χ3n) is 3.16. The molecule has 2 aromatic carbocycles. The molecule has 1 amide bonds. The number of aromatic amines is 1. The summed E-state index contributed by atoms with van der Waals surface area (Å²) in [4.78, 5) is 19.4. The van der Waals surface area contributed by atoms with Crippen LogP contribution >= 0.6 is 11.8 Å². The van der Waals surface area contributed by atoms with Gasteiger partial charge in [0, 0.05) is 11.8 Å². The number of benzene rings is 2. The Kier molecular flexibility index (Phi) is 4.29. The number of halogens is 2. The number of thioether (sulfide) groups is 1. The number of carbonyl (C=O) groups excluding carboxylic acids is 1. The largest absolute Gasteiger partial charge is 0.333 e. The van der Waals surface area contributed by atoms with Gasteiger partial charge in [-0.25, -0.2) is 13.8 Å². The van der Waals surface area contributed by atoms with Crippen molar-refractivity contribution in [2.24, 2.45) is 0 Å². The van der Waals surface area contributed by atoms with Gasteiger partial charge in [0.15, 0.2) is 16.8 Å². The number of rotatable bonds is 4. The van der Waals surface area contributed by atoms with Gasteiger partial charge in [0.1, 0.15) is 0 Å². The summed E-state index contributed by atoms with van der Waals surface area (Å²) in [6.07, 6.45) is 0. The van der Waals surface area contributed by atoms with Crippen molar-refractivity contribution in [1.29, 1.82) is 0 Å². The van der Waals surface area contributed by atoms with Crippen LogP contribution in [0.3, 0.4) is 0 Å². The Balaban J connectivity index is 1.62. The number of fused-ring (bicyclic) bond motifs is 1. The van der Waals surface area contributed by atoms with E-state index in [0.29, 0.717) is 5.16 Å². The first-order chi connectivity index (χ1) is 11.0. The molecule has 0 radical (unpaired) electrons. The molecule has 0 aliphatic carbocycles. The predicted molar refractivity (Wildman–Crippen MR) is 86.5 cm³/mol. The maximum atomic E-state index is 13.1. The molecule has 23 heavy (non-hydrogen) atoms. The highest BCUT2D eigenvalue weighted by Crippen LogP contribution is 2.21. The molecule has 0 spiro atoms. The van der Waals surface area contributed by atoms with Gasteiger partial charge < -0.3 is 10.3 Å². The highest BCUT2D eigenvalue weighted by molar-refractivity contribution is 7.99. The number of carbonyl (C=O) groups is 1. The fraction of sp³-hybridized carbons (Fsp3) is 0.125. The van der Waals surface area contributed by atoms with E-state index in [1.807, 2.05) is 25.1 Å². The SMILES string of the molecule is Cc1ccc2nc(SCC(=O)Nc3ccc(F)c(F)c3)[nH]c2c1. The zero-order valence-corrected chi connectivity index (χ0v) is 13.0. The Labute approximate surface area is 135 Å². The molecule has 0 fully saturated rings. The molecule has 118 valence electrons. The van der Waals surface area contributed by atoms with Crippen LogP contribution in [-0.2, 0) is 4.79 Å². The molecule has 0 atom stereocenters. The molecule has 0 saturated heterocycles. The molecule has 3 rings (SSSR count). The lowest BCUT2D eigenvalue weighted by Gasteiger charge is -2.04. The van der Waals surface area contributed by atoms with Gasteiger partial charge in [0.05, 0.1) is 16.8 Å². The van der Waals surface area contributed by atoms with Crippen LogP contribution < -0.4 is 5.32 Å². The van der Waals surface area contributed by atoms with Gasteiger partial charge in [-0.2, -0.15) is 0 Å². The van der Waals surface area contributed by atoms with Crippen LogP contribution in [0.4, 0.5) is 14.5 Å². The Morgan fingerprint density at radius 2 is 2.04 bits per heavy atom. The fourth-order valence-corrected chi connectivity index (χ4v) is 2.76. The molecular weight excluding hydrogens is 320 g/mol. The van der Waals surface area contributed by atoms with Gasteiger partial charge in [-0.15, -0.1) is 0 Å². The number of amides is 1. The monoisotopic (exact) mass is 333 g/mol. The number of aromatic nitrogens is 2. The van der Waals surface area contributed by atoms with Crippen molar-refractivity contribution in [2.75, 3.05) is 11.1 Å². The van der Waals surface area contributed by atoms with Gasteiger partial charge in [0.25, 0.3) is 0 Å². The first-order valence-electron chi connectivity index (χ1n) is 6.85. The topological polar surface area (TPSA) is 57.8 Å². The molecule has 0 aliphatic heterocycles. The summed E-state index contributed by atoms with van der Waals surface area (Å²) in [5.74, 6) is -2.16. The maximum Gasteiger partial charge on any atom is 0.234 e. The Morgan fingerprint density at radius 1 is 1.22 bits per heavy atom. The van der Waals surface area contributed by atoms with Gasteiger partial charge >= 0.3 is 0 Å². The first-order valence-corrected chi connectivity index (χ1v) is 7.84. The van der Waals surface area contributed by atoms with E-state index in [2.05, 4.69) is 15.3 Å². The van der Waals surface area contributed by atoms with E-state index in [-0.39, 0.29) is 17.3 Å². The van der Waals surface area contributed by atoms with E-state index >= 15 is 0 Å². The van der Waals surface area contributed by atoms with Crippen LogP contribution in [0, 0.1) is 18.6 Å². The molecule has 0 bridgehead atoms. The van der Waals surface area contributed by atoms with E-state index < -0.39 is 11.6 Å². The van der Waals surface area contributed by atoms with E-state index in [0.717, 1.165) is 28.7 Å². The first kappa shape index (κ1) is 15.5. The normalized spacial score (nSPS) is 10.9. The number of aryl methyl sites for hydroxylation is 1. The Hall–Kier alpha value is -2.41. The predicted octanol–water partition coefficient (Wildman–Crippen LogP) is 3.88. The summed E-state index contributed by atoms with van der Waals surface area (Å²) in [5.41, 5.74) is 3.08. The standard InChI is InChI=1S/C16H13F2N3OS/c1-9-2-5-13-14(6-9)21-16(20-13)23-8-15(22)19-10-3-4-11(17)12(18)7-10/h2-7H,8H2,1H3,(H,19,22)(H,20,21). The highest BCUT2D eigenvalue weighted by Gasteiger charge is 2.09. The summed E-state index contributed by atoms with van der Waals surface area (Å²) in [7, 11) is 0. The summed E-state index contributed by atoms with van der Waals surface area (Å²) in [5, 5.41) is 3.15. The van der Waals surface area contributed by atoms with Gasteiger partial charge in [-0.05, 0) is 36.8 Å². The van der Waals surface area contributed by atoms with Crippen molar-refractivity contribution in [3.63, 3.8) is 0 Å². The molecule has 3 aromatic rings. The lowest BCUT2D eigenvalue weighted by atomic mass is 10.2. The van der Waals surface area contributed by atoms with Gasteiger partial charge in [-0.3, -0.25) is 4.79 Å². The molecule has 1 heterocycles. The number of anilines is 1. The third kappa shape index (κ3) is 3.68. The number of H-pyrrole nitrogens is 1. The van der Waals surface area contributed by atoms with E-state index in [4.69, 9.17) is 0 Å². The molecule has 0 aliphatic rings.